The van der Waals surface area contributed by atoms with Gasteiger partial charge in [-0.1, -0.05) is 17.7 Å². The van der Waals surface area contributed by atoms with Gasteiger partial charge in [0.1, 0.15) is 5.75 Å². The van der Waals surface area contributed by atoms with Crippen molar-refractivity contribution in [2.75, 3.05) is 7.11 Å². The van der Waals surface area contributed by atoms with E-state index >= 15 is 0 Å². The van der Waals surface area contributed by atoms with E-state index in [1.54, 1.807) is 29.9 Å². The second-order valence-corrected chi connectivity index (χ2v) is 6.39. The predicted octanol–water partition coefficient (Wildman–Crippen LogP) is 4.14. The molecule has 5 heteroatoms. The first kappa shape index (κ1) is 14.7. The number of aromatic nitrogens is 1. The van der Waals surface area contributed by atoms with Crippen LogP contribution in [0, 0.1) is 0 Å². The third-order valence-electron chi connectivity index (χ3n) is 3.86. The maximum Gasteiger partial charge on any atom is 0.255 e. The van der Waals surface area contributed by atoms with Gasteiger partial charge in [-0.25, -0.2) is 0 Å². The number of benzene rings is 1. The molecule has 0 atom stereocenters. The maximum atomic E-state index is 12.4. The molecule has 3 rings (SSSR count). The zero-order valence-electron chi connectivity index (χ0n) is 11.7. The van der Waals surface area contributed by atoms with Crippen molar-refractivity contribution in [3.63, 3.8) is 0 Å². The summed E-state index contributed by atoms with van der Waals surface area (Å²) in [6, 6.07) is 7.15. The minimum atomic E-state index is -0.0488. The van der Waals surface area contributed by atoms with Crippen LogP contribution in [0.1, 0.15) is 24.1 Å². The fourth-order valence-electron chi connectivity index (χ4n) is 2.85. The Labute approximate surface area is 136 Å². The molecular weight excluding hydrogens is 354 g/mol. The lowest BCUT2D eigenvalue weighted by Crippen LogP contribution is -2.25. The molecule has 0 radical (unpaired) electrons. The van der Waals surface area contributed by atoms with E-state index < -0.39 is 0 Å². The van der Waals surface area contributed by atoms with E-state index in [-0.39, 0.29) is 5.56 Å². The quantitative estimate of drug-likeness (QED) is 0.798. The molecular formula is C16H15BrClNO2. The summed E-state index contributed by atoms with van der Waals surface area (Å²) in [5, 5.41) is 0.561. The molecule has 0 unspecified atom stereocenters. The number of fused-ring (bicyclic) bond motifs is 1. The Kier molecular flexibility index (Phi) is 4.09. The van der Waals surface area contributed by atoms with Gasteiger partial charge in [0.25, 0.3) is 5.56 Å². The molecule has 0 saturated carbocycles. The average molecular weight is 369 g/mol. The van der Waals surface area contributed by atoms with Gasteiger partial charge < -0.3 is 4.74 Å². The fourth-order valence-corrected chi connectivity index (χ4v) is 3.33. The van der Waals surface area contributed by atoms with Crippen LogP contribution in [0.25, 0.3) is 5.69 Å². The van der Waals surface area contributed by atoms with Crippen LogP contribution in [-0.4, -0.2) is 11.7 Å². The summed E-state index contributed by atoms with van der Waals surface area (Å²) in [6.07, 6.45) is 4.19. The van der Waals surface area contributed by atoms with Crippen LogP contribution in [0.3, 0.4) is 0 Å². The van der Waals surface area contributed by atoms with Crippen LogP contribution in [0.4, 0.5) is 0 Å². The van der Waals surface area contributed by atoms with Gasteiger partial charge in [-0.2, -0.15) is 0 Å². The highest BCUT2D eigenvalue weighted by molar-refractivity contribution is 9.10. The monoisotopic (exact) mass is 367 g/mol. The lowest BCUT2D eigenvalue weighted by molar-refractivity contribution is 0.411. The standard InChI is InChI=1S/C16H15BrClNO2/c1-21-15-8-11(17)12(18)9-14(15)19-13-5-3-2-4-10(13)6-7-16(19)20/h6-9H,2-5H2,1H3. The number of hydrogen-bond donors (Lipinski definition) is 0. The van der Waals surface area contributed by atoms with Gasteiger partial charge in [0.15, 0.2) is 0 Å². The number of rotatable bonds is 2. The van der Waals surface area contributed by atoms with E-state index in [9.17, 15) is 4.79 Å². The summed E-state index contributed by atoms with van der Waals surface area (Å²) < 4.78 is 7.93. The van der Waals surface area contributed by atoms with E-state index in [4.69, 9.17) is 16.3 Å². The second-order valence-electron chi connectivity index (χ2n) is 5.12. The van der Waals surface area contributed by atoms with Gasteiger partial charge in [-0.05, 0) is 59.3 Å². The van der Waals surface area contributed by atoms with Gasteiger partial charge >= 0.3 is 0 Å². The van der Waals surface area contributed by atoms with Crippen molar-refractivity contribution in [2.24, 2.45) is 0 Å². The van der Waals surface area contributed by atoms with Gasteiger partial charge in [-0.15, -0.1) is 0 Å². The number of halogens is 2. The molecule has 0 spiro atoms. The Hall–Kier alpha value is -1.26. The number of ether oxygens (including phenoxy) is 1. The van der Waals surface area contributed by atoms with Crippen molar-refractivity contribution in [3.05, 3.63) is 55.4 Å². The van der Waals surface area contributed by atoms with Crippen molar-refractivity contribution in [2.45, 2.75) is 25.7 Å². The summed E-state index contributed by atoms with van der Waals surface area (Å²) in [5.41, 5.74) is 2.97. The molecule has 0 amide bonds. The molecule has 21 heavy (non-hydrogen) atoms. The molecule has 3 nitrogen and oxygen atoms in total. The number of hydrogen-bond acceptors (Lipinski definition) is 2. The first-order chi connectivity index (χ1) is 10.1. The Morgan fingerprint density at radius 1 is 1.24 bits per heavy atom. The third kappa shape index (κ3) is 2.62. The molecule has 0 aliphatic heterocycles. The van der Waals surface area contributed by atoms with Crippen LogP contribution in [0.15, 0.2) is 33.5 Å². The molecule has 0 saturated heterocycles. The Morgan fingerprint density at radius 3 is 2.76 bits per heavy atom. The molecule has 110 valence electrons. The zero-order chi connectivity index (χ0) is 15.0. The first-order valence-corrected chi connectivity index (χ1v) is 8.06. The summed E-state index contributed by atoms with van der Waals surface area (Å²) >= 11 is 9.60. The Balaban J connectivity index is 2.30. The highest BCUT2D eigenvalue weighted by atomic mass is 79.9. The summed E-state index contributed by atoms with van der Waals surface area (Å²) in [5.74, 6) is 0.632. The number of methoxy groups -OCH3 is 1. The van der Waals surface area contributed by atoms with Gasteiger partial charge in [0.2, 0.25) is 0 Å². The fraction of sp³-hybridized carbons (Fsp3) is 0.312. The van der Waals surface area contributed by atoms with Crippen molar-refractivity contribution < 1.29 is 4.74 Å². The van der Waals surface area contributed by atoms with Crippen LogP contribution in [0.5, 0.6) is 5.75 Å². The van der Waals surface area contributed by atoms with Crippen molar-refractivity contribution in [1.82, 2.24) is 4.57 Å². The molecule has 1 aromatic heterocycles. The lowest BCUT2D eigenvalue weighted by Gasteiger charge is -2.22. The molecule has 0 bridgehead atoms. The van der Waals surface area contributed by atoms with Crippen molar-refractivity contribution in [1.29, 1.82) is 0 Å². The van der Waals surface area contributed by atoms with Crippen LogP contribution >= 0.6 is 27.5 Å². The highest BCUT2D eigenvalue weighted by Crippen LogP contribution is 2.34. The van der Waals surface area contributed by atoms with Gasteiger partial charge in [-0.3, -0.25) is 9.36 Å². The smallest absolute Gasteiger partial charge is 0.255 e. The Bertz CT molecular complexity index is 755. The summed E-state index contributed by atoms with van der Waals surface area (Å²) in [7, 11) is 1.60. The Morgan fingerprint density at radius 2 is 2.00 bits per heavy atom. The van der Waals surface area contributed by atoms with E-state index in [1.165, 1.54) is 12.0 Å². The van der Waals surface area contributed by atoms with Crippen LogP contribution in [0.2, 0.25) is 5.02 Å². The topological polar surface area (TPSA) is 31.2 Å². The van der Waals surface area contributed by atoms with Gasteiger partial charge in [0, 0.05) is 16.2 Å². The molecule has 0 fully saturated rings. The first-order valence-electron chi connectivity index (χ1n) is 6.89. The number of nitrogens with zero attached hydrogens (tertiary/aromatic N) is 1. The number of aryl methyl sites for hydroxylation is 1. The minimum absolute atomic E-state index is 0.0488. The molecule has 1 aliphatic carbocycles. The van der Waals surface area contributed by atoms with Crippen LogP contribution in [-0.2, 0) is 12.8 Å². The van der Waals surface area contributed by atoms with Crippen LogP contribution < -0.4 is 10.3 Å². The molecule has 2 aromatic rings. The van der Waals surface area contributed by atoms with E-state index in [1.807, 2.05) is 6.07 Å². The van der Waals surface area contributed by atoms with Crippen molar-refractivity contribution in [3.8, 4) is 11.4 Å². The average Bonchev–Trinajstić information content (AvgIpc) is 2.50. The lowest BCUT2D eigenvalue weighted by atomic mass is 9.95. The molecule has 1 aromatic carbocycles. The minimum Gasteiger partial charge on any atom is -0.495 e. The van der Waals surface area contributed by atoms with E-state index in [0.29, 0.717) is 16.5 Å². The highest BCUT2D eigenvalue weighted by Gasteiger charge is 2.18. The number of pyridine rings is 1. The van der Waals surface area contributed by atoms with Gasteiger partial charge in [0.05, 0.1) is 17.8 Å². The third-order valence-corrected chi connectivity index (χ3v) is 5.06. The normalized spacial score (nSPS) is 13.9. The molecule has 1 aliphatic rings. The second kappa shape index (κ2) is 5.85. The van der Waals surface area contributed by atoms with E-state index in [0.717, 1.165) is 29.4 Å². The maximum absolute atomic E-state index is 12.4. The summed E-state index contributed by atoms with van der Waals surface area (Å²) in [4.78, 5) is 12.4. The van der Waals surface area contributed by atoms with E-state index in [2.05, 4.69) is 15.9 Å². The SMILES string of the molecule is COc1cc(Br)c(Cl)cc1-n1c2c(ccc1=O)CCCC2. The summed E-state index contributed by atoms with van der Waals surface area (Å²) in [6.45, 7) is 0. The molecule has 0 N–H and O–H groups in total. The largest absolute Gasteiger partial charge is 0.495 e. The van der Waals surface area contributed by atoms with Crippen molar-refractivity contribution >= 4 is 27.5 Å². The predicted molar refractivity (Wildman–Crippen MR) is 87.9 cm³/mol. The zero-order valence-corrected chi connectivity index (χ0v) is 14.0. The molecule has 1 heterocycles.